The number of hydrogen-bond donors (Lipinski definition) is 0. The van der Waals surface area contributed by atoms with E-state index < -0.39 is 0 Å². The molecule has 2 bridgehead atoms. The van der Waals surface area contributed by atoms with Crippen molar-refractivity contribution in [2.45, 2.75) is 45.4 Å². The van der Waals surface area contributed by atoms with Crippen LogP contribution in [0, 0.1) is 17.8 Å². The van der Waals surface area contributed by atoms with Gasteiger partial charge in [0.25, 0.3) is 0 Å². The first-order valence-electron chi connectivity index (χ1n) is 6.57. The maximum absolute atomic E-state index is 10.5. The molecule has 0 aromatic carbocycles. The van der Waals surface area contributed by atoms with Crippen LogP contribution in [0.4, 0.5) is 0 Å². The molecule has 2 aliphatic rings. The number of esters is 1. The van der Waals surface area contributed by atoms with Crippen LogP contribution in [-0.2, 0) is 9.53 Å². The van der Waals surface area contributed by atoms with Crippen LogP contribution in [0.2, 0.25) is 0 Å². The molecule has 1 fully saturated rings. The standard InChI is InChI=1S/C14H22O2/c1-11(15)16-8-4-2-3-5-13-9-12-6-7-14(13)10-12/h6-7,12-14H,2-5,8-10H2,1H3. The molecule has 2 aliphatic carbocycles. The van der Waals surface area contributed by atoms with Crippen molar-refractivity contribution in [2.75, 3.05) is 6.61 Å². The smallest absolute Gasteiger partial charge is 0.302 e. The summed E-state index contributed by atoms with van der Waals surface area (Å²) in [6.07, 6.45) is 12.6. The summed E-state index contributed by atoms with van der Waals surface area (Å²) in [6.45, 7) is 2.08. The minimum Gasteiger partial charge on any atom is -0.466 e. The summed E-state index contributed by atoms with van der Waals surface area (Å²) in [5.74, 6) is 2.58. The third-order valence-electron chi connectivity index (χ3n) is 3.94. The van der Waals surface area contributed by atoms with E-state index in [1.165, 1.54) is 39.0 Å². The van der Waals surface area contributed by atoms with E-state index in [0.29, 0.717) is 6.61 Å². The highest BCUT2D eigenvalue weighted by Crippen LogP contribution is 2.45. The molecule has 0 amide bonds. The second kappa shape index (κ2) is 5.51. The second-order valence-corrected chi connectivity index (χ2v) is 5.23. The molecule has 2 nitrogen and oxygen atoms in total. The summed E-state index contributed by atoms with van der Waals surface area (Å²) in [7, 11) is 0. The van der Waals surface area contributed by atoms with E-state index in [1.807, 2.05) is 0 Å². The molecule has 2 heteroatoms. The Bertz CT molecular complexity index is 270. The first-order chi connectivity index (χ1) is 7.75. The van der Waals surface area contributed by atoms with Crippen molar-refractivity contribution in [2.24, 2.45) is 17.8 Å². The van der Waals surface area contributed by atoms with Crippen molar-refractivity contribution >= 4 is 5.97 Å². The third kappa shape index (κ3) is 3.10. The average molecular weight is 222 g/mol. The Kier molecular flexibility index (Phi) is 4.03. The van der Waals surface area contributed by atoms with Gasteiger partial charge in [-0.25, -0.2) is 0 Å². The SMILES string of the molecule is CC(=O)OCCCCCC1CC2C=CC1C2. The van der Waals surface area contributed by atoms with Gasteiger partial charge < -0.3 is 4.74 Å². The molecular weight excluding hydrogens is 200 g/mol. The molecule has 0 radical (unpaired) electrons. The zero-order valence-corrected chi connectivity index (χ0v) is 10.2. The molecule has 0 heterocycles. The molecule has 0 aliphatic heterocycles. The zero-order valence-electron chi connectivity index (χ0n) is 10.2. The van der Waals surface area contributed by atoms with Crippen LogP contribution >= 0.6 is 0 Å². The Morgan fingerprint density at radius 1 is 1.25 bits per heavy atom. The van der Waals surface area contributed by atoms with Crippen LogP contribution < -0.4 is 0 Å². The van der Waals surface area contributed by atoms with Crippen molar-refractivity contribution in [3.05, 3.63) is 12.2 Å². The Labute approximate surface area is 98.1 Å². The van der Waals surface area contributed by atoms with E-state index in [4.69, 9.17) is 4.74 Å². The molecule has 90 valence electrons. The highest BCUT2D eigenvalue weighted by molar-refractivity contribution is 5.65. The molecule has 0 saturated heterocycles. The van der Waals surface area contributed by atoms with Crippen LogP contribution in [0.1, 0.15) is 45.4 Å². The van der Waals surface area contributed by atoms with Gasteiger partial charge in [-0.1, -0.05) is 25.0 Å². The van der Waals surface area contributed by atoms with Crippen molar-refractivity contribution < 1.29 is 9.53 Å². The van der Waals surface area contributed by atoms with Crippen LogP contribution in [0.15, 0.2) is 12.2 Å². The van der Waals surface area contributed by atoms with Gasteiger partial charge in [0.15, 0.2) is 0 Å². The van der Waals surface area contributed by atoms with Gasteiger partial charge in [0.2, 0.25) is 0 Å². The predicted molar refractivity (Wildman–Crippen MR) is 63.9 cm³/mol. The second-order valence-electron chi connectivity index (χ2n) is 5.23. The van der Waals surface area contributed by atoms with Gasteiger partial charge in [0.05, 0.1) is 6.61 Å². The fourth-order valence-electron chi connectivity index (χ4n) is 3.13. The first-order valence-corrected chi connectivity index (χ1v) is 6.57. The normalized spacial score (nSPS) is 30.9. The van der Waals surface area contributed by atoms with E-state index in [-0.39, 0.29) is 5.97 Å². The maximum atomic E-state index is 10.5. The van der Waals surface area contributed by atoms with Crippen LogP contribution in [0.3, 0.4) is 0 Å². The van der Waals surface area contributed by atoms with E-state index in [1.54, 1.807) is 0 Å². The number of ether oxygens (including phenoxy) is 1. The van der Waals surface area contributed by atoms with Crippen molar-refractivity contribution in [1.29, 1.82) is 0 Å². The quantitative estimate of drug-likeness (QED) is 0.391. The van der Waals surface area contributed by atoms with Crippen LogP contribution in [0.25, 0.3) is 0 Å². The van der Waals surface area contributed by atoms with E-state index in [0.717, 1.165) is 24.2 Å². The lowest BCUT2D eigenvalue weighted by atomic mass is 9.89. The fourth-order valence-corrected chi connectivity index (χ4v) is 3.13. The molecule has 3 unspecified atom stereocenters. The van der Waals surface area contributed by atoms with E-state index in [2.05, 4.69) is 12.2 Å². The summed E-state index contributed by atoms with van der Waals surface area (Å²) in [4.78, 5) is 10.5. The van der Waals surface area contributed by atoms with Gasteiger partial charge in [0.1, 0.15) is 0 Å². The van der Waals surface area contributed by atoms with Gasteiger partial charge in [-0.3, -0.25) is 4.79 Å². The van der Waals surface area contributed by atoms with Crippen molar-refractivity contribution in [3.8, 4) is 0 Å². The summed E-state index contributed by atoms with van der Waals surface area (Å²) < 4.78 is 4.91. The molecule has 16 heavy (non-hydrogen) atoms. The number of allylic oxidation sites excluding steroid dienone is 2. The predicted octanol–water partition coefficient (Wildman–Crippen LogP) is 3.32. The summed E-state index contributed by atoms with van der Waals surface area (Å²) in [5, 5.41) is 0. The fraction of sp³-hybridized carbons (Fsp3) is 0.786. The van der Waals surface area contributed by atoms with E-state index >= 15 is 0 Å². The van der Waals surface area contributed by atoms with Gasteiger partial charge in [-0.15, -0.1) is 0 Å². The van der Waals surface area contributed by atoms with Gasteiger partial charge >= 0.3 is 5.97 Å². The maximum Gasteiger partial charge on any atom is 0.302 e. The Morgan fingerprint density at radius 3 is 2.75 bits per heavy atom. The number of unbranched alkanes of at least 4 members (excludes halogenated alkanes) is 2. The van der Waals surface area contributed by atoms with Gasteiger partial charge in [-0.05, 0) is 43.4 Å². The third-order valence-corrected chi connectivity index (χ3v) is 3.94. The minimum absolute atomic E-state index is 0.154. The highest BCUT2D eigenvalue weighted by atomic mass is 16.5. The van der Waals surface area contributed by atoms with Gasteiger partial charge in [0, 0.05) is 6.92 Å². The lowest BCUT2D eigenvalue weighted by Gasteiger charge is -2.17. The summed E-state index contributed by atoms with van der Waals surface area (Å²) in [5.41, 5.74) is 0. The zero-order chi connectivity index (χ0) is 11.4. The lowest BCUT2D eigenvalue weighted by Crippen LogP contribution is -2.07. The Balaban J connectivity index is 1.49. The number of fused-ring (bicyclic) bond motifs is 2. The molecule has 0 spiro atoms. The number of hydrogen-bond acceptors (Lipinski definition) is 2. The molecule has 2 rings (SSSR count). The van der Waals surface area contributed by atoms with E-state index in [9.17, 15) is 4.79 Å². The molecule has 0 aromatic rings. The molecular formula is C14H22O2. The van der Waals surface area contributed by atoms with Crippen molar-refractivity contribution in [3.63, 3.8) is 0 Å². The highest BCUT2D eigenvalue weighted by Gasteiger charge is 2.34. The summed E-state index contributed by atoms with van der Waals surface area (Å²) >= 11 is 0. The topological polar surface area (TPSA) is 26.3 Å². The van der Waals surface area contributed by atoms with Crippen molar-refractivity contribution in [1.82, 2.24) is 0 Å². The lowest BCUT2D eigenvalue weighted by molar-refractivity contribution is -0.141. The molecule has 0 N–H and O–H groups in total. The van der Waals surface area contributed by atoms with Crippen LogP contribution in [0.5, 0.6) is 0 Å². The number of rotatable bonds is 6. The van der Waals surface area contributed by atoms with Crippen LogP contribution in [-0.4, -0.2) is 12.6 Å². The molecule has 3 atom stereocenters. The Morgan fingerprint density at radius 2 is 2.12 bits per heavy atom. The first kappa shape index (κ1) is 11.7. The average Bonchev–Trinajstić information content (AvgIpc) is 2.84. The van der Waals surface area contributed by atoms with Gasteiger partial charge in [-0.2, -0.15) is 0 Å². The number of carbonyl (C=O) groups is 1. The summed E-state index contributed by atoms with van der Waals surface area (Å²) in [6, 6.07) is 0. The molecule has 1 saturated carbocycles. The molecule has 0 aromatic heterocycles. The number of carbonyl (C=O) groups excluding carboxylic acids is 1. The largest absolute Gasteiger partial charge is 0.466 e. The monoisotopic (exact) mass is 222 g/mol. The Hall–Kier alpha value is -0.790. The minimum atomic E-state index is -0.154.